The maximum Gasteiger partial charge on any atom is 0.124 e. The van der Waals surface area contributed by atoms with Crippen molar-refractivity contribution in [3.05, 3.63) is 40.2 Å². The summed E-state index contributed by atoms with van der Waals surface area (Å²) < 4.78 is 13.6. The molecule has 0 spiro atoms. The highest BCUT2D eigenvalue weighted by Gasteiger charge is 2.12. The molecule has 0 fully saturated rings. The fraction of sp³-hybridized carbons (Fsp3) is 0.471. The smallest absolute Gasteiger partial charge is 0.124 e. The normalized spacial score (nSPS) is 11.0. The van der Waals surface area contributed by atoms with E-state index in [1.165, 1.54) is 4.88 Å². The molecular formula is C17H23FN2S. The van der Waals surface area contributed by atoms with Crippen molar-refractivity contribution in [1.82, 2.24) is 10.3 Å². The van der Waals surface area contributed by atoms with E-state index in [1.807, 2.05) is 13.0 Å². The zero-order valence-corrected chi connectivity index (χ0v) is 13.8. The van der Waals surface area contributed by atoms with Crippen molar-refractivity contribution in [3.8, 4) is 10.6 Å². The molecule has 2 nitrogen and oxygen atoms in total. The zero-order chi connectivity index (χ0) is 15.2. The first-order chi connectivity index (χ1) is 10.1. The molecule has 1 N–H and O–H groups in total. The second kappa shape index (κ2) is 7.66. The van der Waals surface area contributed by atoms with Crippen molar-refractivity contribution in [3.63, 3.8) is 0 Å². The SMILES string of the molecule is CCCNCc1sc(-c2cc(C)cc(F)c2)nc1CCC. The molecule has 1 aromatic carbocycles. The van der Waals surface area contributed by atoms with Gasteiger partial charge in [-0.15, -0.1) is 11.3 Å². The molecule has 0 atom stereocenters. The summed E-state index contributed by atoms with van der Waals surface area (Å²) in [6.45, 7) is 8.10. The van der Waals surface area contributed by atoms with Gasteiger partial charge in [0.25, 0.3) is 0 Å². The Bertz CT molecular complexity index is 572. The van der Waals surface area contributed by atoms with Gasteiger partial charge >= 0.3 is 0 Å². The van der Waals surface area contributed by atoms with Crippen LogP contribution in [0.2, 0.25) is 0 Å². The maximum atomic E-state index is 13.6. The summed E-state index contributed by atoms with van der Waals surface area (Å²) in [6.07, 6.45) is 3.18. The number of benzene rings is 1. The summed E-state index contributed by atoms with van der Waals surface area (Å²) in [7, 11) is 0. The molecule has 0 aliphatic carbocycles. The minimum atomic E-state index is -0.192. The van der Waals surface area contributed by atoms with Crippen molar-refractivity contribution in [2.45, 2.75) is 46.6 Å². The van der Waals surface area contributed by atoms with Gasteiger partial charge in [-0.2, -0.15) is 0 Å². The van der Waals surface area contributed by atoms with Gasteiger partial charge in [0, 0.05) is 17.0 Å². The summed E-state index contributed by atoms with van der Waals surface area (Å²) in [5.74, 6) is -0.192. The van der Waals surface area contributed by atoms with E-state index in [0.717, 1.165) is 54.2 Å². The number of aryl methyl sites for hydroxylation is 2. The number of hydrogen-bond acceptors (Lipinski definition) is 3. The number of aromatic nitrogens is 1. The van der Waals surface area contributed by atoms with Gasteiger partial charge in [0.2, 0.25) is 0 Å². The van der Waals surface area contributed by atoms with Crippen LogP contribution < -0.4 is 5.32 Å². The van der Waals surface area contributed by atoms with Gasteiger partial charge in [0.15, 0.2) is 0 Å². The Morgan fingerprint density at radius 1 is 1.19 bits per heavy atom. The van der Waals surface area contributed by atoms with Crippen LogP contribution in [0, 0.1) is 12.7 Å². The Hall–Kier alpha value is -1.26. The number of halogens is 1. The van der Waals surface area contributed by atoms with E-state index in [9.17, 15) is 4.39 Å². The molecule has 4 heteroatoms. The van der Waals surface area contributed by atoms with E-state index in [0.29, 0.717) is 0 Å². The van der Waals surface area contributed by atoms with Crippen LogP contribution in [0.5, 0.6) is 0 Å². The molecule has 0 amide bonds. The van der Waals surface area contributed by atoms with E-state index in [4.69, 9.17) is 4.98 Å². The van der Waals surface area contributed by atoms with Crippen LogP contribution in [-0.2, 0) is 13.0 Å². The molecule has 2 rings (SSSR count). The Labute approximate surface area is 130 Å². The van der Waals surface area contributed by atoms with E-state index < -0.39 is 0 Å². The number of rotatable bonds is 7. The van der Waals surface area contributed by atoms with E-state index in [1.54, 1.807) is 23.5 Å². The topological polar surface area (TPSA) is 24.9 Å². The predicted molar refractivity (Wildman–Crippen MR) is 88.2 cm³/mol. The summed E-state index contributed by atoms with van der Waals surface area (Å²) in [5, 5.41) is 4.36. The van der Waals surface area contributed by atoms with Gasteiger partial charge < -0.3 is 5.32 Å². The Morgan fingerprint density at radius 2 is 2.00 bits per heavy atom. The summed E-state index contributed by atoms with van der Waals surface area (Å²) >= 11 is 1.68. The molecule has 1 heterocycles. The Morgan fingerprint density at radius 3 is 2.67 bits per heavy atom. The lowest BCUT2D eigenvalue weighted by Gasteiger charge is -2.02. The minimum absolute atomic E-state index is 0.192. The molecule has 0 bridgehead atoms. The number of nitrogens with zero attached hydrogens (tertiary/aromatic N) is 1. The van der Waals surface area contributed by atoms with Crippen LogP contribution in [0.4, 0.5) is 4.39 Å². The minimum Gasteiger partial charge on any atom is -0.312 e. The van der Waals surface area contributed by atoms with Crippen LogP contribution in [0.3, 0.4) is 0 Å². The van der Waals surface area contributed by atoms with Gasteiger partial charge in [-0.05, 0) is 50.1 Å². The van der Waals surface area contributed by atoms with Gasteiger partial charge in [-0.3, -0.25) is 0 Å². The van der Waals surface area contributed by atoms with Crippen molar-refractivity contribution in [2.24, 2.45) is 0 Å². The fourth-order valence-corrected chi connectivity index (χ4v) is 3.38. The summed E-state index contributed by atoms with van der Waals surface area (Å²) in [6, 6.07) is 5.12. The third kappa shape index (κ3) is 4.35. The molecule has 0 saturated carbocycles. The van der Waals surface area contributed by atoms with Crippen LogP contribution in [0.15, 0.2) is 18.2 Å². The van der Waals surface area contributed by atoms with Crippen LogP contribution in [-0.4, -0.2) is 11.5 Å². The first-order valence-electron chi connectivity index (χ1n) is 7.60. The third-order valence-electron chi connectivity index (χ3n) is 3.27. The molecule has 21 heavy (non-hydrogen) atoms. The molecule has 114 valence electrons. The second-order valence-electron chi connectivity index (χ2n) is 5.33. The van der Waals surface area contributed by atoms with Crippen molar-refractivity contribution in [2.75, 3.05) is 6.54 Å². The van der Waals surface area contributed by atoms with Crippen molar-refractivity contribution >= 4 is 11.3 Å². The van der Waals surface area contributed by atoms with Crippen LogP contribution >= 0.6 is 11.3 Å². The molecule has 1 aromatic heterocycles. The monoisotopic (exact) mass is 306 g/mol. The lowest BCUT2D eigenvalue weighted by atomic mass is 10.1. The highest BCUT2D eigenvalue weighted by atomic mass is 32.1. The van der Waals surface area contributed by atoms with Crippen molar-refractivity contribution in [1.29, 1.82) is 0 Å². The molecule has 0 unspecified atom stereocenters. The zero-order valence-electron chi connectivity index (χ0n) is 13.0. The fourth-order valence-electron chi connectivity index (χ4n) is 2.32. The van der Waals surface area contributed by atoms with Crippen LogP contribution in [0.1, 0.15) is 42.8 Å². The first-order valence-corrected chi connectivity index (χ1v) is 8.42. The average molecular weight is 306 g/mol. The van der Waals surface area contributed by atoms with Gasteiger partial charge in [0.05, 0.1) is 5.69 Å². The average Bonchev–Trinajstić information content (AvgIpc) is 2.82. The number of thiazole rings is 1. The number of hydrogen-bond donors (Lipinski definition) is 1. The quantitative estimate of drug-likeness (QED) is 0.749. The second-order valence-corrected chi connectivity index (χ2v) is 6.42. The van der Waals surface area contributed by atoms with Gasteiger partial charge in [-0.25, -0.2) is 9.37 Å². The highest BCUT2D eigenvalue weighted by molar-refractivity contribution is 7.15. The first kappa shape index (κ1) is 16.1. The predicted octanol–water partition coefficient (Wildman–Crippen LogP) is 4.71. The van der Waals surface area contributed by atoms with Gasteiger partial charge in [0.1, 0.15) is 10.8 Å². The number of nitrogens with one attached hydrogen (secondary N) is 1. The third-order valence-corrected chi connectivity index (χ3v) is 4.41. The summed E-state index contributed by atoms with van der Waals surface area (Å²) in [5.41, 5.74) is 2.97. The standard InChI is InChI=1S/C17H23FN2S/c1-4-6-15-16(11-19-7-5-2)21-17(20-15)13-8-12(3)9-14(18)10-13/h8-10,19H,4-7,11H2,1-3H3. The summed E-state index contributed by atoms with van der Waals surface area (Å²) in [4.78, 5) is 6.02. The molecular weight excluding hydrogens is 283 g/mol. The molecule has 0 aliphatic rings. The Balaban J connectivity index is 2.29. The van der Waals surface area contributed by atoms with Gasteiger partial charge in [-0.1, -0.05) is 20.3 Å². The molecule has 0 aliphatic heterocycles. The lowest BCUT2D eigenvalue weighted by molar-refractivity contribution is 0.627. The highest BCUT2D eigenvalue weighted by Crippen LogP contribution is 2.30. The van der Waals surface area contributed by atoms with E-state index >= 15 is 0 Å². The van der Waals surface area contributed by atoms with E-state index in [2.05, 4.69) is 19.2 Å². The molecule has 0 saturated heterocycles. The maximum absolute atomic E-state index is 13.6. The largest absolute Gasteiger partial charge is 0.312 e. The lowest BCUT2D eigenvalue weighted by Crippen LogP contribution is -2.13. The molecule has 0 radical (unpaired) electrons. The van der Waals surface area contributed by atoms with Crippen molar-refractivity contribution < 1.29 is 4.39 Å². The van der Waals surface area contributed by atoms with E-state index in [-0.39, 0.29) is 5.82 Å². The Kier molecular flexibility index (Phi) is 5.88. The molecule has 2 aromatic rings. The van der Waals surface area contributed by atoms with Crippen LogP contribution in [0.25, 0.3) is 10.6 Å².